The Morgan fingerprint density at radius 3 is 2.32 bits per heavy atom. The van der Waals surface area contributed by atoms with Crippen LogP contribution in [0.5, 0.6) is 17.2 Å². The van der Waals surface area contributed by atoms with Crippen LogP contribution in [-0.4, -0.2) is 42.0 Å². The zero-order chi connectivity index (χ0) is 25.9. The van der Waals surface area contributed by atoms with Crippen LogP contribution in [0.15, 0.2) is 84.1 Å². The molecular weight excluding hydrogens is 470 g/mol. The predicted octanol–water partition coefficient (Wildman–Crippen LogP) is 4.90. The number of hydrogen-bond donors (Lipinski definition) is 2. The first-order valence-corrected chi connectivity index (χ1v) is 11.7. The second-order valence-electron chi connectivity index (χ2n) is 8.40. The van der Waals surface area contributed by atoms with Gasteiger partial charge in [0, 0.05) is 11.3 Å². The molecular formula is C28H27N5O4. The molecule has 0 bridgehead atoms. The third-order valence-electron chi connectivity index (χ3n) is 6.21. The van der Waals surface area contributed by atoms with Crippen molar-refractivity contribution in [3.63, 3.8) is 0 Å². The number of nitrogens with one attached hydrogen (secondary N) is 2. The van der Waals surface area contributed by atoms with E-state index in [0.717, 1.165) is 11.1 Å². The van der Waals surface area contributed by atoms with Crippen molar-refractivity contribution < 1.29 is 19.0 Å². The fraction of sp³-hybridized carbons (Fsp3) is 0.179. The summed E-state index contributed by atoms with van der Waals surface area (Å²) >= 11 is 0. The van der Waals surface area contributed by atoms with Gasteiger partial charge in [0.1, 0.15) is 11.8 Å². The monoisotopic (exact) mass is 497 g/mol. The second-order valence-corrected chi connectivity index (χ2v) is 8.40. The number of rotatable bonds is 7. The highest BCUT2D eigenvalue weighted by Crippen LogP contribution is 2.38. The van der Waals surface area contributed by atoms with Crippen molar-refractivity contribution in [3.8, 4) is 28.6 Å². The lowest BCUT2D eigenvalue weighted by Crippen LogP contribution is -2.31. The smallest absolute Gasteiger partial charge is 0.255 e. The van der Waals surface area contributed by atoms with Crippen LogP contribution >= 0.6 is 0 Å². The summed E-state index contributed by atoms with van der Waals surface area (Å²) in [4.78, 5) is 18.5. The number of fused-ring (bicyclic) bond motifs is 1. The highest BCUT2D eigenvalue weighted by Gasteiger charge is 2.34. The average Bonchev–Trinajstić information content (AvgIpc) is 3.36. The van der Waals surface area contributed by atoms with E-state index in [1.54, 1.807) is 38.1 Å². The predicted molar refractivity (Wildman–Crippen MR) is 141 cm³/mol. The van der Waals surface area contributed by atoms with Gasteiger partial charge in [-0.1, -0.05) is 42.5 Å². The molecule has 0 radical (unpaired) electrons. The normalized spacial score (nSPS) is 14.4. The van der Waals surface area contributed by atoms with E-state index in [9.17, 15) is 4.79 Å². The summed E-state index contributed by atoms with van der Waals surface area (Å²) < 4.78 is 18.0. The average molecular weight is 498 g/mol. The molecule has 2 N–H and O–H groups in total. The van der Waals surface area contributed by atoms with Gasteiger partial charge in [0.05, 0.1) is 32.6 Å². The van der Waals surface area contributed by atoms with Gasteiger partial charge in [-0.25, -0.2) is 4.68 Å². The van der Waals surface area contributed by atoms with Crippen LogP contribution in [0.3, 0.4) is 0 Å². The number of nitrogens with zero attached hydrogens (tertiary/aromatic N) is 3. The molecule has 0 saturated heterocycles. The maximum Gasteiger partial charge on any atom is 0.255 e. The van der Waals surface area contributed by atoms with Gasteiger partial charge in [-0.2, -0.15) is 4.98 Å². The first kappa shape index (κ1) is 23.9. The van der Waals surface area contributed by atoms with E-state index in [-0.39, 0.29) is 5.91 Å². The Morgan fingerprint density at radius 1 is 0.892 bits per heavy atom. The third-order valence-corrected chi connectivity index (χ3v) is 6.21. The molecule has 5 rings (SSSR count). The number of amides is 1. The first-order valence-electron chi connectivity index (χ1n) is 11.7. The minimum absolute atomic E-state index is 0.267. The zero-order valence-electron chi connectivity index (χ0n) is 21.0. The van der Waals surface area contributed by atoms with E-state index in [2.05, 4.69) is 10.6 Å². The van der Waals surface area contributed by atoms with Crippen LogP contribution in [0.25, 0.3) is 11.4 Å². The van der Waals surface area contributed by atoms with Gasteiger partial charge in [-0.15, -0.1) is 5.10 Å². The summed E-state index contributed by atoms with van der Waals surface area (Å²) in [7, 11) is 4.74. The largest absolute Gasteiger partial charge is 0.495 e. The summed E-state index contributed by atoms with van der Waals surface area (Å²) in [6, 6.07) is 22.1. The summed E-state index contributed by atoms with van der Waals surface area (Å²) in [6.07, 6.45) is 0. The van der Waals surface area contributed by atoms with Gasteiger partial charge >= 0.3 is 0 Å². The van der Waals surface area contributed by atoms with Gasteiger partial charge in [0.2, 0.25) is 5.95 Å². The van der Waals surface area contributed by atoms with Gasteiger partial charge in [-0.05, 0) is 42.8 Å². The molecule has 37 heavy (non-hydrogen) atoms. The molecule has 2 heterocycles. The van der Waals surface area contributed by atoms with E-state index < -0.39 is 6.04 Å². The van der Waals surface area contributed by atoms with Crippen LogP contribution in [0.2, 0.25) is 0 Å². The Bertz CT molecular complexity index is 1480. The fourth-order valence-electron chi connectivity index (χ4n) is 4.42. The molecule has 1 amide bonds. The van der Waals surface area contributed by atoms with Crippen molar-refractivity contribution in [2.24, 2.45) is 0 Å². The van der Waals surface area contributed by atoms with Crippen molar-refractivity contribution in [1.82, 2.24) is 14.8 Å². The van der Waals surface area contributed by atoms with Crippen molar-refractivity contribution in [2.45, 2.75) is 13.0 Å². The molecule has 188 valence electrons. The van der Waals surface area contributed by atoms with E-state index >= 15 is 0 Å². The van der Waals surface area contributed by atoms with Crippen LogP contribution in [0, 0.1) is 0 Å². The molecule has 1 aromatic heterocycles. The number of hydrogen-bond acceptors (Lipinski definition) is 7. The molecule has 3 aromatic carbocycles. The SMILES string of the molecule is COc1ccccc1NC(=O)C1=C(C)Nc2nc(-c3ccc(OC)c(OC)c3)nn2C1c1ccccc1. The van der Waals surface area contributed by atoms with Crippen LogP contribution in [0.4, 0.5) is 11.6 Å². The zero-order valence-corrected chi connectivity index (χ0v) is 21.0. The molecule has 0 aliphatic carbocycles. The number of aromatic nitrogens is 3. The topological polar surface area (TPSA) is 99.5 Å². The summed E-state index contributed by atoms with van der Waals surface area (Å²) in [6.45, 7) is 1.86. The van der Waals surface area contributed by atoms with Gasteiger partial charge in [0.15, 0.2) is 17.3 Å². The number of para-hydroxylation sites is 2. The number of carbonyl (C=O) groups is 1. The Balaban J connectivity index is 1.58. The molecule has 1 unspecified atom stereocenters. The number of ether oxygens (including phenoxy) is 3. The Morgan fingerprint density at radius 2 is 1.59 bits per heavy atom. The number of methoxy groups -OCH3 is 3. The minimum Gasteiger partial charge on any atom is -0.495 e. The number of carbonyl (C=O) groups excluding carboxylic acids is 1. The second kappa shape index (κ2) is 10.1. The van der Waals surface area contributed by atoms with E-state index in [4.69, 9.17) is 24.3 Å². The quantitative estimate of drug-likeness (QED) is 0.375. The molecule has 9 nitrogen and oxygen atoms in total. The lowest BCUT2D eigenvalue weighted by atomic mass is 9.95. The van der Waals surface area contributed by atoms with Crippen LogP contribution in [0.1, 0.15) is 18.5 Å². The Kier molecular flexibility index (Phi) is 6.51. The lowest BCUT2D eigenvalue weighted by molar-refractivity contribution is -0.113. The molecule has 4 aromatic rings. The standard InChI is InChI=1S/C28H27N5O4/c1-17-24(27(34)30-20-12-8-9-13-21(20)35-2)25(18-10-6-5-7-11-18)33-28(29-17)31-26(32-33)19-14-15-22(36-3)23(16-19)37-4/h5-16,25H,1-4H3,(H,30,34)(H,29,31,32). The van der Waals surface area contributed by atoms with Crippen molar-refractivity contribution in [3.05, 3.63) is 89.6 Å². The van der Waals surface area contributed by atoms with E-state index in [1.165, 1.54) is 0 Å². The summed E-state index contributed by atoms with van der Waals surface area (Å²) in [5, 5.41) is 11.1. The van der Waals surface area contributed by atoms with Gasteiger partial charge < -0.3 is 24.8 Å². The van der Waals surface area contributed by atoms with Crippen LogP contribution < -0.4 is 24.8 Å². The number of benzene rings is 3. The van der Waals surface area contributed by atoms with Crippen molar-refractivity contribution in [2.75, 3.05) is 32.0 Å². The maximum atomic E-state index is 13.7. The lowest BCUT2D eigenvalue weighted by Gasteiger charge is -2.28. The van der Waals surface area contributed by atoms with E-state index in [0.29, 0.717) is 46.0 Å². The van der Waals surface area contributed by atoms with Gasteiger partial charge in [0.25, 0.3) is 5.91 Å². The fourth-order valence-corrected chi connectivity index (χ4v) is 4.42. The Labute approximate surface area is 214 Å². The van der Waals surface area contributed by atoms with E-state index in [1.807, 2.05) is 67.6 Å². The van der Waals surface area contributed by atoms with Crippen LogP contribution in [-0.2, 0) is 4.79 Å². The minimum atomic E-state index is -0.506. The Hall–Kier alpha value is -4.79. The highest BCUT2D eigenvalue weighted by molar-refractivity contribution is 6.06. The number of allylic oxidation sites excluding steroid dienone is 1. The third kappa shape index (κ3) is 4.47. The van der Waals surface area contributed by atoms with Crippen molar-refractivity contribution in [1.29, 1.82) is 0 Å². The molecule has 1 aliphatic rings. The molecule has 0 fully saturated rings. The summed E-state index contributed by atoms with van der Waals surface area (Å²) in [5.41, 5.74) is 3.44. The molecule has 0 spiro atoms. The highest BCUT2D eigenvalue weighted by atomic mass is 16.5. The first-order chi connectivity index (χ1) is 18.0. The number of anilines is 2. The summed E-state index contributed by atoms with van der Waals surface area (Å²) in [5.74, 6) is 2.52. The maximum absolute atomic E-state index is 13.7. The van der Waals surface area contributed by atoms with Crippen molar-refractivity contribution >= 4 is 17.5 Å². The van der Waals surface area contributed by atoms with Gasteiger partial charge in [-0.3, -0.25) is 4.79 Å². The molecule has 1 atom stereocenters. The molecule has 9 heteroatoms. The molecule has 0 saturated carbocycles. The molecule has 1 aliphatic heterocycles.